The Morgan fingerprint density at radius 3 is 2.43 bits per heavy atom. The smallest absolute Gasteiger partial charge is 0.293 e. The third kappa shape index (κ3) is 7.74. The Balaban J connectivity index is 0.000000322. The van der Waals surface area contributed by atoms with Crippen molar-refractivity contribution in [3.8, 4) is 5.75 Å². The summed E-state index contributed by atoms with van der Waals surface area (Å²) in [4.78, 5) is 9.60. The Morgan fingerprint density at radius 1 is 1.30 bits per heavy atom. The fraction of sp³-hybridized carbons (Fsp3) is 0.588. The number of nitrogens with one attached hydrogen (secondary N) is 2. The van der Waals surface area contributed by atoms with E-state index in [2.05, 4.69) is 15.4 Å². The molecule has 2 rings (SSSR count). The van der Waals surface area contributed by atoms with E-state index >= 15 is 0 Å². The van der Waals surface area contributed by atoms with Gasteiger partial charge in [0.1, 0.15) is 11.4 Å². The molecule has 1 aliphatic heterocycles. The second kappa shape index (κ2) is 9.25. The minimum atomic E-state index is -0.318. The molecule has 0 amide bonds. The van der Waals surface area contributed by atoms with Crippen molar-refractivity contribution in [2.75, 3.05) is 31.2 Å². The molecular formula is C17H29N3O3. The number of carbonyl (C=O) groups excluding carboxylic acids is 1. The van der Waals surface area contributed by atoms with E-state index in [0.717, 1.165) is 37.4 Å². The molecule has 4 N–H and O–H groups in total. The molecule has 1 aromatic carbocycles. The Kier molecular flexibility index (Phi) is 7.68. The SMILES string of the molecule is CC(C)(C)OC=O.COc1cc(NC2CCNCC2)ccc1N. The summed E-state index contributed by atoms with van der Waals surface area (Å²) in [6, 6.07) is 6.38. The van der Waals surface area contributed by atoms with Gasteiger partial charge in [-0.05, 0) is 58.8 Å². The van der Waals surface area contributed by atoms with Crippen LogP contribution in [-0.4, -0.2) is 38.3 Å². The lowest BCUT2D eigenvalue weighted by Crippen LogP contribution is -2.35. The molecule has 1 aliphatic rings. The minimum Gasteiger partial charge on any atom is -0.495 e. The highest BCUT2D eigenvalue weighted by Crippen LogP contribution is 2.26. The molecule has 0 aliphatic carbocycles. The zero-order valence-electron chi connectivity index (χ0n) is 14.5. The maximum absolute atomic E-state index is 9.60. The van der Waals surface area contributed by atoms with Gasteiger partial charge in [-0.25, -0.2) is 0 Å². The van der Waals surface area contributed by atoms with Crippen molar-refractivity contribution in [1.82, 2.24) is 5.32 Å². The second-order valence-corrected chi connectivity index (χ2v) is 6.45. The number of rotatable bonds is 4. The first-order chi connectivity index (χ1) is 10.9. The monoisotopic (exact) mass is 323 g/mol. The largest absolute Gasteiger partial charge is 0.495 e. The molecule has 0 bridgehead atoms. The number of piperidine rings is 1. The lowest BCUT2D eigenvalue weighted by Gasteiger charge is -2.25. The lowest BCUT2D eigenvalue weighted by molar-refractivity contribution is -0.138. The Labute approximate surface area is 138 Å². The third-order valence-electron chi connectivity index (χ3n) is 3.35. The molecule has 6 nitrogen and oxygen atoms in total. The van der Waals surface area contributed by atoms with E-state index in [9.17, 15) is 4.79 Å². The summed E-state index contributed by atoms with van der Waals surface area (Å²) in [5, 5.41) is 6.85. The van der Waals surface area contributed by atoms with Gasteiger partial charge in [-0.1, -0.05) is 0 Å². The van der Waals surface area contributed by atoms with E-state index in [1.165, 1.54) is 0 Å². The van der Waals surface area contributed by atoms with E-state index in [4.69, 9.17) is 10.5 Å². The maximum Gasteiger partial charge on any atom is 0.293 e. The van der Waals surface area contributed by atoms with Crippen LogP contribution in [0.1, 0.15) is 33.6 Å². The van der Waals surface area contributed by atoms with Gasteiger partial charge in [0.05, 0.1) is 12.8 Å². The first kappa shape index (κ1) is 19.1. The topological polar surface area (TPSA) is 85.6 Å². The highest BCUT2D eigenvalue weighted by Gasteiger charge is 2.12. The summed E-state index contributed by atoms with van der Waals surface area (Å²) in [7, 11) is 1.64. The van der Waals surface area contributed by atoms with Crippen LogP contribution in [0.15, 0.2) is 18.2 Å². The maximum atomic E-state index is 9.60. The number of nitrogen functional groups attached to an aromatic ring is 1. The summed E-state index contributed by atoms with van der Waals surface area (Å²) in [6.45, 7) is 8.09. The standard InChI is InChI=1S/C12H19N3O.C5H10O2/c1-16-12-8-10(2-3-11(12)13)15-9-4-6-14-7-5-9;1-5(2,3)7-4-6/h2-3,8-9,14-15H,4-7,13H2,1H3;4H,1-3H3. The molecule has 6 heteroatoms. The lowest BCUT2D eigenvalue weighted by atomic mass is 10.1. The molecule has 0 saturated carbocycles. The van der Waals surface area contributed by atoms with Gasteiger partial charge in [0, 0.05) is 17.8 Å². The van der Waals surface area contributed by atoms with E-state index in [0.29, 0.717) is 18.2 Å². The average Bonchev–Trinajstić information content (AvgIpc) is 2.50. The van der Waals surface area contributed by atoms with Crippen molar-refractivity contribution in [1.29, 1.82) is 0 Å². The highest BCUT2D eigenvalue weighted by molar-refractivity contribution is 5.61. The quantitative estimate of drug-likeness (QED) is 0.583. The third-order valence-corrected chi connectivity index (χ3v) is 3.35. The molecule has 1 aromatic rings. The first-order valence-corrected chi connectivity index (χ1v) is 7.88. The zero-order valence-corrected chi connectivity index (χ0v) is 14.5. The van der Waals surface area contributed by atoms with Gasteiger partial charge >= 0.3 is 0 Å². The number of nitrogens with two attached hydrogens (primary N) is 1. The van der Waals surface area contributed by atoms with Gasteiger partial charge in [0.15, 0.2) is 0 Å². The van der Waals surface area contributed by atoms with Crippen LogP contribution in [0.5, 0.6) is 5.75 Å². The number of hydrogen-bond donors (Lipinski definition) is 3. The van der Waals surface area contributed by atoms with Gasteiger partial charge in [-0.2, -0.15) is 0 Å². The van der Waals surface area contributed by atoms with Gasteiger partial charge in [-0.15, -0.1) is 0 Å². The molecule has 0 aromatic heterocycles. The van der Waals surface area contributed by atoms with Crippen molar-refractivity contribution in [3.63, 3.8) is 0 Å². The number of hydrogen-bond acceptors (Lipinski definition) is 6. The van der Waals surface area contributed by atoms with Crippen molar-refractivity contribution in [2.45, 2.75) is 45.3 Å². The second-order valence-electron chi connectivity index (χ2n) is 6.45. The van der Waals surface area contributed by atoms with E-state index in [-0.39, 0.29) is 5.60 Å². The van der Waals surface area contributed by atoms with Crippen LogP contribution in [0.4, 0.5) is 11.4 Å². The van der Waals surface area contributed by atoms with Crippen molar-refractivity contribution in [2.24, 2.45) is 0 Å². The van der Waals surface area contributed by atoms with Crippen LogP contribution in [0.25, 0.3) is 0 Å². The average molecular weight is 323 g/mol. The Bertz CT molecular complexity index is 480. The van der Waals surface area contributed by atoms with Crippen LogP contribution in [0.2, 0.25) is 0 Å². The molecular weight excluding hydrogens is 294 g/mol. The molecule has 0 atom stereocenters. The summed E-state index contributed by atoms with van der Waals surface area (Å²) < 4.78 is 9.75. The van der Waals surface area contributed by atoms with Crippen LogP contribution in [0, 0.1) is 0 Å². The first-order valence-electron chi connectivity index (χ1n) is 7.88. The number of carbonyl (C=O) groups is 1. The summed E-state index contributed by atoms with van der Waals surface area (Å²) >= 11 is 0. The zero-order chi connectivity index (χ0) is 17.3. The van der Waals surface area contributed by atoms with Gasteiger partial charge in [0.2, 0.25) is 0 Å². The van der Waals surface area contributed by atoms with Crippen molar-refractivity contribution >= 4 is 17.8 Å². The Hall–Kier alpha value is -1.95. The van der Waals surface area contributed by atoms with Gasteiger partial charge in [0.25, 0.3) is 6.47 Å². The molecule has 0 radical (unpaired) electrons. The van der Waals surface area contributed by atoms with Crippen LogP contribution in [-0.2, 0) is 9.53 Å². The normalized spacial score (nSPS) is 15.1. The van der Waals surface area contributed by atoms with Crippen LogP contribution in [0.3, 0.4) is 0 Å². The predicted molar refractivity (Wildman–Crippen MR) is 93.8 cm³/mol. The molecule has 1 saturated heterocycles. The van der Waals surface area contributed by atoms with Gasteiger partial charge < -0.3 is 25.8 Å². The molecule has 0 spiro atoms. The van der Waals surface area contributed by atoms with Crippen LogP contribution >= 0.6 is 0 Å². The minimum absolute atomic E-state index is 0.318. The van der Waals surface area contributed by atoms with Crippen molar-refractivity contribution in [3.05, 3.63) is 18.2 Å². The summed E-state index contributed by atoms with van der Waals surface area (Å²) in [5.41, 5.74) is 7.21. The van der Waals surface area contributed by atoms with E-state index in [1.54, 1.807) is 7.11 Å². The molecule has 130 valence electrons. The number of methoxy groups -OCH3 is 1. The predicted octanol–water partition coefficient (Wildman–Crippen LogP) is 2.40. The number of anilines is 2. The Morgan fingerprint density at radius 2 is 1.96 bits per heavy atom. The highest BCUT2D eigenvalue weighted by atomic mass is 16.5. The number of benzene rings is 1. The summed E-state index contributed by atoms with van der Waals surface area (Å²) in [5.74, 6) is 0.735. The molecule has 0 unspecified atom stereocenters. The van der Waals surface area contributed by atoms with Gasteiger partial charge in [-0.3, -0.25) is 4.79 Å². The molecule has 1 fully saturated rings. The van der Waals surface area contributed by atoms with E-state index in [1.807, 2.05) is 39.0 Å². The fourth-order valence-corrected chi connectivity index (χ4v) is 2.15. The van der Waals surface area contributed by atoms with Crippen LogP contribution < -0.4 is 21.1 Å². The molecule has 1 heterocycles. The summed E-state index contributed by atoms with van der Waals surface area (Å²) in [6.07, 6.45) is 2.32. The number of ether oxygens (including phenoxy) is 2. The van der Waals surface area contributed by atoms with E-state index < -0.39 is 0 Å². The molecule has 23 heavy (non-hydrogen) atoms. The fourth-order valence-electron chi connectivity index (χ4n) is 2.15. The van der Waals surface area contributed by atoms with Crippen molar-refractivity contribution < 1.29 is 14.3 Å².